The van der Waals surface area contributed by atoms with Crippen molar-refractivity contribution in [1.82, 2.24) is 0 Å². The molecule has 1 heterocycles. The van der Waals surface area contributed by atoms with Crippen molar-refractivity contribution in [2.24, 2.45) is 5.73 Å². The first-order valence-corrected chi connectivity index (χ1v) is 7.33. The van der Waals surface area contributed by atoms with Crippen molar-refractivity contribution < 1.29 is 18.7 Å². The summed E-state index contributed by atoms with van der Waals surface area (Å²) in [5, 5.41) is 3.35. The average molecular weight is 324 g/mol. The van der Waals surface area contributed by atoms with E-state index in [1.54, 1.807) is 43.5 Å². The summed E-state index contributed by atoms with van der Waals surface area (Å²) in [6.45, 7) is 0. The number of furan rings is 1. The molecule has 3 N–H and O–H groups in total. The molecule has 2 aromatic carbocycles. The fraction of sp³-hybridized carbons (Fsp3) is 0.111. The highest BCUT2D eigenvalue weighted by Gasteiger charge is 2.20. The van der Waals surface area contributed by atoms with E-state index in [2.05, 4.69) is 5.32 Å². The number of nitrogens with two attached hydrogens (primary N) is 1. The smallest absolute Gasteiger partial charge is 0.286 e. The van der Waals surface area contributed by atoms with Gasteiger partial charge in [-0.2, -0.15) is 0 Å². The van der Waals surface area contributed by atoms with Gasteiger partial charge < -0.3 is 20.2 Å². The molecule has 24 heavy (non-hydrogen) atoms. The Morgan fingerprint density at radius 2 is 1.83 bits per heavy atom. The molecule has 3 aromatic rings. The summed E-state index contributed by atoms with van der Waals surface area (Å²) in [5.41, 5.74) is 6.86. The summed E-state index contributed by atoms with van der Waals surface area (Å²) in [6, 6.07) is 14.3. The molecule has 0 aliphatic carbocycles. The number of rotatable bonds is 5. The molecule has 0 saturated heterocycles. The topological polar surface area (TPSA) is 94.6 Å². The van der Waals surface area contributed by atoms with Gasteiger partial charge in [0, 0.05) is 10.9 Å². The number of ether oxygens (including phenoxy) is 1. The van der Waals surface area contributed by atoms with Crippen LogP contribution in [-0.4, -0.2) is 18.9 Å². The first-order chi connectivity index (χ1) is 11.6. The Morgan fingerprint density at radius 3 is 2.58 bits per heavy atom. The van der Waals surface area contributed by atoms with Crippen LogP contribution in [-0.2, 0) is 11.2 Å². The van der Waals surface area contributed by atoms with Crippen LogP contribution in [0.15, 0.2) is 52.9 Å². The number of fused-ring (bicyclic) bond motifs is 1. The zero-order chi connectivity index (χ0) is 17.1. The number of hydrogen-bond acceptors (Lipinski definition) is 4. The molecule has 0 fully saturated rings. The molecule has 6 nitrogen and oxygen atoms in total. The van der Waals surface area contributed by atoms with Gasteiger partial charge in [-0.15, -0.1) is 0 Å². The third-order valence-electron chi connectivity index (χ3n) is 3.63. The van der Waals surface area contributed by atoms with Gasteiger partial charge in [0.15, 0.2) is 0 Å². The third kappa shape index (κ3) is 2.94. The summed E-state index contributed by atoms with van der Waals surface area (Å²) in [5.74, 6) is -0.475. The fourth-order valence-corrected chi connectivity index (χ4v) is 2.55. The number of anilines is 1. The molecule has 2 amide bonds. The van der Waals surface area contributed by atoms with E-state index in [0.29, 0.717) is 16.7 Å². The Morgan fingerprint density at radius 1 is 1.12 bits per heavy atom. The van der Waals surface area contributed by atoms with Crippen LogP contribution in [0.2, 0.25) is 0 Å². The van der Waals surface area contributed by atoms with Gasteiger partial charge in [0.1, 0.15) is 17.0 Å². The lowest BCUT2D eigenvalue weighted by Crippen LogP contribution is -2.18. The van der Waals surface area contributed by atoms with E-state index >= 15 is 0 Å². The van der Waals surface area contributed by atoms with E-state index in [0.717, 1.165) is 5.56 Å². The summed E-state index contributed by atoms with van der Waals surface area (Å²) in [4.78, 5) is 24.0. The van der Waals surface area contributed by atoms with Crippen LogP contribution in [0, 0.1) is 0 Å². The molecule has 0 radical (unpaired) electrons. The van der Waals surface area contributed by atoms with E-state index in [1.165, 1.54) is 0 Å². The van der Waals surface area contributed by atoms with Crippen molar-refractivity contribution >= 4 is 28.5 Å². The maximum atomic E-state index is 12.4. The maximum absolute atomic E-state index is 12.4. The van der Waals surface area contributed by atoms with Crippen LogP contribution in [0.1, 0.15) is 16.1 Å². The van der Waals surface area contributed by atoms with Crippen molar-refractivity contribution in [2.45, 2.75) is 6.42 Å². The van der Waals surface area contributed by atoms with Crippen molar-refractivity contribution in [1.29, 1.82) is 0 Å². The molecule has 3 rings (SSSR count). The highest BCUT2D eigenvalue weighted by Crippen LogP contribution is 2.31. The van der Waals surface area contributed by atoms with Gasteiger partial charge in [0.2, 0.25) is 11.7 Å². The minimum absolute atomic E-state index is 0.0652. The first-order valence-electron chi connectivity index (χ1n) is 7.33. The lowest BCUT2D eigenvalue weighted by molar-refractivity contribution is -0.115. The van der Waals surface area contributed by atoms with Gasteiger partial charge in [-0.25, -0.2) is 0 Å². The second-order valence-corrected chi connectivity index (χ2v) is 5.20. The van der Waals surface area contributed by atoms with Gasteiger partial charge in [-0.3, -0.25) is 9.59 Å². The Labute approximate surface area is 138 Å². The molecule has 0 spiro atoms. The Hall–Kier alpha value is -3.28. The second kappa shape index (κ2) is 6.45. The predicted molar refractivity (Wildman–Crippen MR) is 90.1 cm³/mol. The van der Waals surface area contributed by atoms with Crippen LogP contribution in [0.4, 0.5) is 5.69 Å². The number of methoxy groups -OCH3 is 1. The van der Waals surface area contributed by atoms with Gasteiger partial charge in [-0.05, 0) is 18.2 Å². The Bertz CT molecular complexity index is 914. The minimum Gasteiger partial charge on any atom is -0.496 e. The number of nitrogens with one attached hydrogen (secondary N) is 1. The number of carbonyl (C=O) groups is 2. The quantitative estimate of drug-likeness (QED) is 0.754. The number of hydrogen-bond donors (Lipinski definition) is 2. The fourth-order valence-electron chi connectivity index (χ4n) is 2.55. The summed E-state index contributed by atoms with van der Waals surface area (Å²) in [7, 11) is 1.55. The molecule has 0 atom stereocenters. The average Bonchev–Trinajstić information content (AvgIpc) is 2.94. The highest BCUT2D eigenvalue weighted by atomic mass is 16.5. The predicted octanol–water partition coefficient (Wildman–Crippen LogP) is 2.72. The van der Waals surface area contributed by atoms with Crippen molar-refractivity contribution in [3.63, 3.8) is 0 Å². The molecule has 0 aliphatic rings. The van der Waals surface area contributed by atoms with Crippen LogP contribution in [0.3, 0.4) is 0 Å². The van der Waals surface area contributed by atoms with E-state index in [-0.39, 0.29) is 23.8 Å². The van der Waals surface area contributed by atoms with Gasteiger partial charge in [0.25, 0.3) is 5.91 Å². The molecule has 6 heteroatoms. The molecular weight excluding hydrogens is 308 g/mol. The summed E-state index contributed by atoms with van der Waals surface area (Å²) in [6.07, 6.45) is 0.0989. The van der Waals surface area contributed by atoms with Gasteiger partial charge in [0.05, 0.1) is 13.5 Å². The van der Waals surface area contributed by atoms with Crippen molar-refractivity contribution in [3.8, 4) is 5.75 Å². The van der Waals surface area contributed by atoms with Crippen LogP contribution in [0.5, 0.6) is 5.75 Å². The van der Waals surface area contributed by atoms with E-state index < -0.39 is 5.91 Å². The lowest BCUT2D eigenvalue weighted by atomic mass is 10.1. The molecule has 0 aliphatic heterocycles. The summed E-state index contributed by atoms with van der Waals surface area (Å²) < 4.78 is 10.7. The van der Waals surface area contributed by atoms with E-state index in [4.69, 9.17) is 14.9 Å². The number of carbonyl (C=O) groups excluding carboxylic acids is 2. The third-order valence-corrected chi connectivity index (χ3v) is 3.63. The summed E-state index contributed by atoms with van der Waals surface area (Å²) >= 11 is 0. The zero-order valence-corrected chi connectivity index (χ0v) is 13.0. The molecule has 122 valence electrons. The van der Waals surface area contributed by atoms with Crippen molar-refractivity contribution in [3.05, 3.63) is 59.9 Å². The minimum atomic E-state index is -0.737. The van der Waals surface area contributed by atoms with Crippen molar-refractivity contribution in [2.75, 3.05) is 12.4 Å². The zero-order valence-electron chi connectivity index (χ0n) is 13.0. The number of amides is 2. The maximum Gasteiger partial charge on any atom is 0.286 e. The van der Waals surface area contributed by atoms with E-state index in [1.807, 2.05) is 12.1 Å². The monoisotopic (exact) mass is 324 g/mol. The molecule has 0 unspecified atom stereocenters. The second-order valence-electron chi connectivity index (χ2n) is 5.20. The van der Waals surface area contributed by atoms with Crippen LogP contribution < -0.4 is 15.8 Å². The molecule has 0 bridgehead atoms. The Balaban J connectivity index is 1.90. The van der Waals surface area contributed by atoms with Crippen LogP contribution in [0.25, 0.3) is 11.0 Å². The highest BCUT2D eigenvalue weighted by molar-refractivity contribution is 6.10. The normalized spacial score (nSPS) is 10.5. The number of benzene rings is 2. The van der Waals surface area contributed by atoms with Crippen LogP contribution >= 0.6 is 0 Å². The molecule has 0 saturated carbocycles. The Kier molecular flexibility index (Phi) is 4.20. The largest absolute Gasteiger partial charge is 0.496 e. The molecular formula is C18H16N2O4. The first kappa shape index (κ1) is 15.6. The lowest BCUT2D eigenvalue weighted by Gasteiger charge is -2.08. The van der Waals surface area contributed by atoms with Gasteiger partial charge in [-0.1, -0.05) is 30.3 Å². The standard InChI is InChI=1S/C18H16N2O4/c1-23-13-8-4-2-6-11(13)10-15(21)20-16-12-7-3-5-9-14(12)24-17(16)18(19)22/h2-9H,10H2,1H3,(H2,19,22)(H,20,21). The number of para-hydroxylation sites is 2. The SMILES string of the molecule is COc1ccccc1CC(=O)Nc1c(C(N)=O)oc2ccccc12. The van der Waals surface area contributed by atoms with Gasteiger partial charge >= 0.3 is 0 Å². The number of primary amides is 1. The molecule has 1 aromatic heterocycles. The van der Waals surface area contributed by atoms with E-state index in [9.17, 15) is 9.59 Å².